The molecule has 0 radical (unpaired) electrons. The summed E-state index contributed by atoms with van der Waals surface area (Å²) in [6.07, 6.45) is -3.74. The first-order valence-corrected chi connectivity index (χ1v) is 7.05. The Hall–Kier alpha value is -1.04. The number of hydrogen-bond acceptors (Lipinski definition) is 1. The molecule has 0 atom stereocenters. The quantitative estimate of drug-likeness (QED) is 0.738. The second-order valence-corrected chi connectivity index (χ2v) is 6.74. The minimum atomic E-state index is -4.54. The Bertz CT molecular complexity index is 540. The smallest absolute Gasteiger partial charge is 0.338 e. The van der Waals surface area contributed by atoms with Crippen molar-refractivity contribution < 1.29 is 18.0 Å². The molecule has 0 spiro atoms. The van der Waals surface area contributed by atoms with E-state index in [1.165, 1.54) is 17.0 Å². The largest absolute Gasteiger partial charge is 0.417 e. The average molecular weight is 350 g/mol. The second-order valence-electron chi connectivity index (χ2n) is 5.83. The van der Waals surface area contributed by atoms with Gasteiger partial charge in [-0.25, -0.2) is 0 Å². The van der Waals surface area contributed by atoms with Crippen molar-refractivity contribution in [1.82, 2.24) is 4.90 Å². The molecule has 0 unspecified atom stereocenters. The third-order valence-electron chi connectivity index (χ3n) is 3.48. The molecular formula is C14H15BrF3NO. The molecule has 1 heterocycles. The molecular weight excluding hydrogens is 335 g/mol. The van der Waals surface area contributed by atoms with Crippen molar-refractivity contribution >= 4 is 21.8 Å². The highest BCUT2D eigenvalue weighted by Gasteiger charge is 2.38. The Morgan fingerprint density at radius 2 is 2.00 bits per heavy atom. The molecule has 0 N–H and O–H groups in total. The zero-order chi connectivity index (χ0) is 15.1. The SMILES string of the molecule is CC1(C)CCN(C(=O)c2ccc(Br)cc2C(F)(F)F)C1. The monoisotopic (exact) mass is 349 g/mol. The van der Waals surface area contributed by atoms with Crippen molar-refractivity contribution in [1.29, 1.82) is 0 Å². The Balaban J connectivity index is 2.36. The van der Waals surface area contributed by atoms with Crippen LogP contribution < -0.4 is 0 Å². The van der Waals surface area contributed by atoms with E-state index < -0.39 is 17.6 Å². The first kappa shape index (κ1) is 15.4. The molecule has 1 aromatic carbocycles. The molecule has 110 valence electrons. The third kappa shape index (κ3) is 3.16. The highest BCUT2D eigenvalue weighted by Crippen LogP contribution is 2.36. The van der Waals surface area contributed by atoms with Gasteiger partial charge in [-0.05, 0) is 30.0 Å². The average Bonchev–Trinajstić information content (AvgIpc) is 2.67. The standard InChI is InChI=1S/C14H15BrF3NO/c1-13(2)5-6-19(8-13)12(20)10-4-3-9(15)7-11(10)14(16,17)18/h3-4,7H,5-6,8H2,1-2H3. The zero-order valence-electron chi connectivity index (χ0n) is 11.2. The molecule has 1 saturated heterocycles. The van der Waals surface area contributed by atoms with Crippen LogP contribution in [0.25, 0.3) is 0 Å². The number of halogens is 4. The number of amides is 1. The van der Waals surface area contributed by atoms with E-state index in [0.29, 0.717) is 17.6 Å². The molecule has 0 bridgehead atoms. The van der Waals surface area contributed by atoms with Gasteiger partial charge in [-0.2, -0.15) is 13.2 Å². The fourth-order valence-electron chi connectivity index (χ4n) is 2.39. The maximum absolute atomic E-state index is 13.0. The summed E-state index contributed by atoms with van der Waals surface area (Å²) in [7, 11) is 0. The molecule has 2 rings (SSSR count). The number of nitrogens with zero attached hydrogens (tertiary/aromatic N) is 1. The maximum Gasteiger partial charge on any atom is 0.417 e. The van der Waals surface area contributed by atoms with Crippen LogP contribution in [-0.4, -0.2) is 23.9 Å². The van der Waals surface area contributed by atoms with Crippen molar-refractivity contribution in [2.45, 2.75) is 26.4 Å². The fraction of sp³-hybridized carbons (Fsp3) is 0.500. The highest BCUT2D eigenvalue weighted by atomic mass is 79.9. The molecule has 6 heteroatoms. The predicted molar refractivity (Wildman–Crippen MR) is 73.4 cm³/mol. The highest BCUT2D eigenvalue weighted by molar-refractivity contribution is 9.10. The number of benzene rings is 1. The normalized spacial score (nSPS) is 18.4. The first-order valence-electron chi connectivity index (χ1n) is 6.26. The Labute approximate surface area is 124 Å². The first-order chi connectivity index (χ1) is 9.10. The number of likely N-dealkylation sites (tertiary alicyclic amines) is 1. The van der Waals surface area contributed by atoms with Crippen LogP contribution in [0.15, 0.2) is 22.7 Å². The lowest BCUT2D eigenvalue weighted by molar-refractivity contribution is -0.138. The van der Waals surface area contributed by atoms with Gasteiger partial charge in [0.1, 0.15) is 0 Å². The van der Waals surface area contributed by atoms with Gasteiger partial charge in [0.15, 0.2) is 0 Å². The van der Waals surface area contributed by atoms with E-state index >= 15 is 0 Å². The van der Waals surface area contributed by atoms with E-state index in [1.54, 1.807) is 0 Å². The number of carbonyl (C=O) groups excluding carboxylic acids is 1. The molecule has 1 aromatic rings. The van der Waals surface area contributed by atoms with Crippen LogP contribution >= 0.6 is 15.9 Å². The van der Waals surface area contributed by atoms with Crippen molar-refractivity contribution in [3.63, 3.8) is 0 Å². The number of carbonyl (C=O) groups is 1. The van der Waals surface area contributed by atoms with Crippen LogP contribution in [0.4, 0.5) is 13.2 Å². The summed E-state index contributed by atoms with van der Waals surface area (Å²) in [6, 6.07) is 3.65. The van der Waals surface area contributed by atoms with E-state index in [-0.39, 0.29) is 11.0 Å². The molecule has 20 heavy (non-hydrogen) atoms. The van der Waals surface area contributed by atoms with Gasteiger partial charge in [0.05, 0.1) is 11.1 Å². The minimum Gasteiger partial charge on any atom is -0.338 e. The molecule has 0 saturated carbocycles. The van der Waals surface area contributed by atoms with Gasteiger partial charge in [0.2, 0.25) is 0 Å². The molecule has 1 fully saturated rings. The Morgan fingerprint density at radius 3 is 2.50 bits per heavy atom. The fourth-order valence-corrected chi connectivity index (χ4v) is 2.75. The molecule has 2 nitrogen and oxygen atoms in total. The lowest BCUT2D eigenvalue weighted by atomic mass is 9.93. The van der Waals surface area contributed by atoms with Crippen molar-refractivity contribution in [3.05, 3.63) is 33.8 Å². The van der Waals surface area contributed by atoms with Crippen molar-refractivity contribution in [3.8, 4) is 0 Å². The van der Waals surface area contributed by atoms with E-state index in [0.717, 1.165) is 12.5 Å². The van der Waals surface area contributed by atoms with Crippen LogP contribution in [0.1, 0.15) is 36.2 Å². The molecule has 0 aromatic heterocycles. The van der Waals surface area contributed by atoms with Gasteiger partial charge in [0, 0.05) is 17.6 Å². The Morgan fingerprint density at radius 1 is 1.35 bits per heavy atom. The van der Waals surface area contributed by atoms with Crippen LogP contribution in [0.2, 0.25) is 0 Å². The minimum absolute atomic E-state index is 0.0383. The predicted octanol–water partition coefficient (Wildman–Crippen LogP) is 4.34. The number of rotatable bonds is 1. The zero-order valence-corrected chi connectivity index (χ0v) is 12.8. The van der Waals surface area contributed by atoms with Crippen LogP contribution in [-0.2, 0) is 6.18 Å². The summed E-state index contributed by atoms with van der Waals surface area (Å²) in [5.41, 5.74) is -1.20. The molecule has 1 aliphatic rings. The van der Waals surface area contributed by atoms with E-state index in [4.69, 9.17) is 0 Å². The van der Waals surface area contributed by atoms with Gasteiger partial charge >= 0.3 is 6.18 Å². The lowest BCUT2D eigenvalue weighted by Gasteiger charge is -2.21. The third-order valence-corrected chi connectivity index (χ3v) is 3.98. The summed E-state index contributed by atoms with van der Waals surface area (Å²) in [6.45, 7) is 5.00. The summed E-state index contributed by atoms with van der Waals surface area (Å²) < 4.78 is 39.4. The maximum atomic E-state index is 13.0. The molecule has 1 aliphatic heterocycles. The van der Waals surface area contributed by atoms with Crippen LogP contribution in [0.3, 0.4) is 0 Å². The molecule has 0 aliphatic carbocycles. The van der Waals surface area contributed by atoms with Gasteiger partial charge in [0.25, 0.3) is 5.91 Å². The van der Waals surface area contributed by atoms with Crippen LogP contribution in [0, 0.1) is 5.41 Å². The summed E-state index contributed by atoms with van der Waals surface area (Å²) >= 11 is 3.01. The summed E-state index contributed by atoms with van der Waals surface area (Å²) in [5.74, 6) is -0.546. The van der Waals surface area contributed by atoms with Crippen LogP contribution in [0.5, 0.6) is 0 Å². The number of hydrogen-bond donors (Lipinski definition) is 0. The summed E-state index contributed by atoms with van der Waals surface area (Å²) in [5, 5.41) is 0. The summed E-state index contributed by atoms with van der Waals surface area (Å²) in [4.78, 5) is 13.8. The van der Waals surface area contributed by atoms with Gasteiger partial charge < -0.3 is 4.90 Å². The topological polar surface area (TPSA) is 20.3 Å². The van der Waals surface area contributed by atoms with E-state index in [2.05, 4.69) is 15.9 Å². The second kappa shape index (κ2) is 5.06. The van der Waals surface area contributed by atoms with Gasteiger partial charge in [-0.3, -0.25) is 4.79 Å². The Kier molecular flexibility index (Phi) is 3.88. The molecule has 1 amide bonds. The van der Waals surface area contributed by atoms with Gasteiger partial charge in [-0.15, -0.1) is 0 Å². The lowest BCUT2D eigenvalue weighted by Crippen LogP contribution is -2.31. The van der Waals surface area contributed by atoms with E-state index in [9.17, 15) is 18.0 Å². The van der Waals surface area contributed by atoms with Crippen molar-refractivity contribution in [2.24, 2.45) is 5.41 Å². The number of alkyl halides is 3. The van der Waals surface area contributed by atoms with E-state index in [1.807, 2.05) is 13.8 Å². The van der Waals surface area contributed by atoms with Crippen molar-refractivity contribution in [2.75, 3.05) is 13.1 Å². The van der Waals surface area contributed by atoms with Gasteiger partial charge in [-0.1, -0.05) is 29.8 Å².